The molecular weight excluding hydrogens is 312 g/mol. The van der Waals surface area contributed by atoms with Crippen LogP contribution in [0.2, 0.25) is 0 Å². The molecular formula is C17H18N2O5. The first-order valence-electron chi connectivity index (χ1n) is 8.14. The van der Waals surface area contributed by atoms with Crippen LogP contribution in [0.1, 0.15) is 31.7 Å². The Kier molecular flexibility index (Phi) is 3.26. The van der Waals surface area contributed by atoms with Gasteiger partial charge in [-0.15, -0.1) is 0 Å². The normalized spacial score (nSPS) is 21.9. The Morgan fingerprint density at radius 1 is 1.33 bits per heavy atom. The highest BCUT2D eigenvalue weighted by molar-refractivity contribution is 5.98. The van der Waals surface area contributed by atoms with Crippen molar-refractivity contribution in [2.45, 2.75) is 44.8 Å². The number of anilines is 1. The smallest absolute Gasteiger partial charge is 0.419 e. The van der Waals surface area contributed by atoms with Crippen LogP contribution in [0.5, 0.6) is 0 Å². The second kappa shape index (κ2) is 5.22. The highest BCUT2D eigenvalue weighted by atomic mass is 16.6. The third-order valence-corrected chi connectivity index (χ3v) is 5.02. The van der Waals surface area contributed by atoms with E-state index >= 15 is 0 Å². The fraction of sp³-hybridized carbons (Fsp3) is 0.471. The molecule has 1 amide bonds. The van der Waals surface area contributed by atoms with Crippen molar-refractivity contribution in [2.24, 2.45) is 7.05 Å². The first-order chi connectivity index (χ1) is 11.5. The number of aryl methyl sites for hydroxylation is 1. The summed E-state index contributed by atoms with van der Waals surface area (Å²) in [6.45, 7) is 1.83. The molecule has 3 heterocycles. The topological polar surface area (TPSA) is 81.8 Å². The minimum Gasteiger partial charge on any atom is -0.444 e. The van der Waals surface area contributed by atoms with Gasteiger partial charge in [0.25, 0.3) is 0 Å². The van der Waals surface area contributed by atoms with Crippen LogP contribution in [-0.4, -0.2) is 28.6 Å². The number of amides is 1. The van der Waals surface area contributed by atoms with Gasteiger partial charge in [0.2, 0.25) is 0 Å². The van der Waals surface area contributed by atoms with Crippen LogP contribution >= 0.6 is 0 Å². The number of hydrogen-bond acceptors (Lipinski definition) is 5. The molecule has 0 aliphatic carbocycles. The SMILES string of the molecule is CCC(=O)CC[C@@H]1OC(=O)N2c3ccc4c(oc(=O)n4C)c3C[C@@H]12. The third kappa shape index (κ3) is 2.00. The van der Waals surface area contributed by atoms with Gasteiger partial charge in [0.15, 0.2) is 5.58 Å². The van der Waals surface area contributed by atoms with Gasteiger partial charge in [-0.25, -0.2) is 9.59 Å². The lowest BCUT2D eigenvalue weighted by molar-refractivity contribution is -0.119. The first kappa shape index (κ1) is 15.0. The van der Waals surface area contributed by atoms with Gasteiger partial charge in [0.05, 0.1) is 17.2 Å². The molecule has 2 aliphatic heterocycles. The van der Waals surface area contributed by atoms with E-state index in [0.29, 0.717) is 36.8 Å². The second-order valence-electron chi connectivity index (χ2n) is 6.33. The molecule has 0 saturated carbocycles. The Bertz CT molecular complexity index is 910. The lowest BCUT2D eigenvalue weighted by Gasteiger charge is -2.16. The molecule has 1 aromatic carbocycles. The average molecular weight is 330 g/mol. The number of carbonyl (C=O) groups is 2. The minimum absolute atomic E-state index is 0.145. The molecule has 7 nitrogen and oxygen atoms in total. The predicted octanol–water partition coefficient (Wildman–Crippen LogP) is 2.14. The number of nitrogens with zero attached hydrogens (tertiary/aromatic N) is 2. The van der Waals surface area contributed by atoms with E-state index in [1.165, 1.54) is 4.57 Å². The van der Waals surface area contributed by atoms with Crippen molar-refractivity contribution >= 4 is 28.7 Å². The van der Waals surface area contributed by atoms with Crippen LogP contribution in [0, 0.1) is 0 Å². The van der Waals surface area contributed by atoms with Gasteiger partial charge in [-0.1, -0.05) is 6.92 Å². The zero-order valence-corrected chi connectivity index (χ0v) is 13.6. The van der Waals surface area contributed by atoms with Gasteiger partial charge >= 0.3 is 11.8 Å². The Hall–Kier alpha value is -2.57. The monoisotopic (exact) mass is 330 g/mol. The number of cyclic esters (lactones) is 1. The number of rotatable bonds is 4. The van der Waals surface area contributed by atoms with E-state index in [1.807, 2.05) is 13.0 Å². The number of aromatic nitrogens is 1. The lowest BCUT2D eigenvalue weighted by Crippen LogP contribution is -2.33. The van der Waals surface area contributed by atoms with E-state index in [0.717, 1.165) is 11.3 Å². The molecule has 2 aromatic rings. The van der Waals surface area contributed by atoms with Crippen LogP contribution in [0.4, 0.5) is 10.5 Å². The number of ether oxygens (including phenoxy) is 1. The quantitative estimate of drug-likeness (QED) is 0.858. The Morgan fingerprint density at radius 3 is 2.88 bits per heavy atom. The number of oxazole rings is 1. The van der Waals surface area contributed by atoms with Crippen LogP contribution in [0.15, 0.2) is 21.3 Å². The second-order valence-corrected chi connectivity index (χ2v) is 6.33. The largest absolute Gasteiger partial charge is 0.444 e. The highest BCUT2D eigenvalue weighted by Gasteiger charge is 2.48. The summed E-state index contributed by atoms with van der Waals surface area (Å²) in [6, 6.07) is 3.46. The van der Waals surface area contributed by atoms with Crippen LogP contribution in [0.25, 0.3) is 11.1 Å². The van der Waals surface area contributed by atoms with Crippen molar-refractivity contribution in [1.29, 1.82) is 0 Å². The number of Topliss-reactive ketones (excluding diaryl/α,β-unsaturated/α-hetero) is 1. The molecule has 2 atom stereocenters. The average Bonchev–Trinajstić information content (AvgIpc) is 3.18. The predicted molar refractivity (Wildman–Crippen MR) is 86.2 cm³/mol. The summed E-state index contributed by atoms with van der Waals surface area (Å²) in [5, 5.41) is 0. The summed E-state index contributed by atoms with van der Waals surface area (Å²) in [5.41, 5.74) is 2.84. The van der Waals surface area contributed by atoms with Crippen molar-refractivity contribution in [3.63, 3.8) is 0 Å². The van der Waals surface area contributed by atoms with E-state index in [2.05, 4.69) is 0 Å². The highest BCUT2D eigenvalue weighted by Crippen LogP contribution is 2.42. The third-order valence-electron chi connectivity index (χ3n) is 5.02. The number of fused-ring (bicyclic) bond motifs is 5. The zero-order chi connectivity index (χ0) is 17.0. The summed E-state index contributed by atoms with van der Waals surface area (Å²) in [4.78, 5) is 37.2. The standard InChI is InChI=1S/C17H18N2O5/c1-3-9(20)4-7-14-13-8-10-11(19(13)17(22)23-14)5-6-12-15(10)24-16(21)18(12)2/h5-6,13-14H,3-4,7-8H2,1-2H3/t13-,14-/m0/s1. The van der Waals surface area contributed by atoms with Crippen molar-refractivity contribution in [2.75, 3.05) is 4.90 Å². The molecule has 0 spiro atoms. The van der Waals surface area contributed by atoms with Crippen molar-refractivity contribution in [3.05, 3.63) is 28.2 Å². The van der Waals surface area contributed by atoms with Gasteiger partial charge in [-0.3, -0.25) is 14.3 Å². The Morgan fingerprint density at radius 2 is 2.12 bits per heavy atom. The first-order valence-corrected chi connectivity index (χ1v) is 8.14. The van der Waals surface area contributed by atoms with Gasteiger partial charge in [0.1, 0.15) is 11.9 Å². The maximum Gasteiger partial charge on any atom is 0.419 e. The molecule has 2 aliphatic rings. The summed E-state index contributed by atoms with van der Waals surface area (Å²) in [6.07, 6.45) is 1.28. The summed E-state index contributed by atoms with van der Waals surface area (Å²) < 4.78 is 12.3. The van der Waals surface area contributed by atoms with Gasteiger partial charge < -0.3 is 9.15 Å². The lowest BCUT2D eigenvalue weighted by atomic mass is 10.00. The van der Waals surface area contributed by atoms with E-state index < -0.39 is 11.8 Å². The van der Waals surface area contributed by atoms with Crippen molar-refractivity contribution in [1.82, 2.24) is 4.57 Å². The van der Waals surface area contributed by atoms with Crippen LogP contribution in [-0.2, 0) is 23.0 Å². The van der Waals surface area contributed by atoms with Crippen molar-refractivity contribution < 1.29 is 18.7 Å². The molecule has 4 rings (SSSR count). The van der Waals surface area contributed by atoms with Crippen molar-refractivity contribution in [3.8, 4) is 0 Å². The van der Waals surface area contributed by atoms with E-state index in [-0.39, 0.29) is 17.9 Å². The van der Waals surface area contributed by atoms with Crippen LogP contribution in [0.3, 0.4) is 0 Å². The maximum atomic E-state index is 12.3. The summed E-state index contributed by atoms with van der Waals surface area (Å²) in [7, 11) is 1.66. The molecule has 0 radical (unpaired) electrons. The summed E-state index contributed by atoms with van der Waals surface area (Å²) in [5.74, 6) is -0.255. The zero-order valence-electron chi connectivity index (χ0n) is 13.6. The van der Waals surface area contributed by atoms with Gasteiger partial charge in [-0.05, 0) is 18.6 Å². The molecule has 1 fully saturated rings. The van der Waals surface area contributed by atoms with E-state index in [4.69, 9.17) is 9.15 Å². The molecule has 0 bridgehead atoms. The van der Waals surface area contributed by atoms with E-state index in [1.54, 1.807) is 18.0 Å². The Labute approximate surface area is 137 Å². The fourth-order valence-corrected chi connectivity index (χ4v) is 3.67. The molecule has 0 unspecified atom stereocenters. The molecule has 1 aromatic heterocycles. The van der Waals surface area contributed by atoms with Crippen LogP contribution < -0.4 is 10.7 Å². The number of ketones is 1. The number of carbonyl (C=O) groups excluding carboxylic acids is 2. The Balaban J connectivity index is 1.70. The molecule has 0 N–H and O–H groups in total. The minimum atomic E-state index is -0.418. The van der Waals surface area contributed by atoms with Gasteiger partial charge in [-0.2, -0.15) is 0 Å². The fourth-order valence-electron chi connectivity index (χ4n) is 3.67. The number of benzene rings is 1. The maximum absolute atomic E-state index is 12.3. The van der Waals surface area contributed by atoms with Gasteiger partial charge in [0, 0.05) is 31.9 Å². The molecule has 24 heavy (non-hydrogen) atoms. The molecule has 126 valence electrons. The summed E-state index contributed by atoms with van der Waals surface area (Å²) >= 11 is 0. The van der Waals surface area contributed by atoms with E-state index in [9.17, 15) is 14.4 Å². The number of hydrogen-bond donors (Lipinski definition) is 0. The molecule has 7 heteroatoms. The molecule has 1 saturated heterocycles.